The molecule has 1 amide bonds. The third-order valence-electron chi connectivity index (χ3n) is 4.17. The first-order chi connectivity index (χ1) is 14.7. The molecule has 0 fully saturated rings. The second kappa shape index (κ2) is 9.31. The highest BCUT2D eigenvalue weighted by Gasteiger charge is 2.18. The van der Waals surface area contributed by atoms with Crippen LogP contribution >= 0.6 is 23.2 Å². The molecule has 29 heavy (non-hydrogen) atoms. The first-order valence-corrected chi connectivity index (χ1v) is 9.57. The van der Waals surface area contributed by atoms with Crippen LogP contribution < -0.4 is 10.6 Å². The number of carbonyl (C=O) groups excluding carboxylic acids is 1. The van der Waals surface area contributed by atoms with E-state index in [4.69, 9.17) is 25.9 Å². The summed E-state index contributed by atoms with van der Waals surface area (Å²) in [5.74, 6) is -0.000561. The number of aromatic amines is 1. The van der Waals surface area contributed by atoms with Crippen LogP contribution in [-0.4, -0.2) is 33.6 Å². The predicted octanol–water partition coefficient (Wildman–Crippen LogP) is 4.67. The summed E-state index contributed by atoms with van der Waals surface area (Å²) < 4.78 is 15.4. The molecule has 0 saturated heterocycles. The van der Waals surface area contributed by atoms with E-state index >= 15 is 0 Å². The van der Waals surface area contributed by atoms with Crippen molar-refractivity contribution in [3.8, 4) is 11.1 Å². The maximum Gasteiger partial charge on any atom is 0.268 e. The fourth-order valence-electron chi connectivity index (χ4n) is 2.82. The fourth-order valence-corrected chi connectivity index (χ4v) is 3.23. The van der Waals surface area contributed by atoms with Gasteiger partial charge >= 0.3 is 0 Å². The van der Waals surface area contributed by atoms with Crippen LogP contribution in [0.5, 0.6) is 0 Å². The smallest absolute Gasteiger partial charge is 0.268 e. The highest BCUT2D eigenvalue weighted by molar-refractivity contribution is 6.33. The Hall–Kier alpha value is -2.54. The van der Waals surface area contributed by atoms with E-state index in [1.165, 1.54) is 6.20 Å². The summed E-state index contributed by atoms with van der Waals surface area (Å²) in [6.45, 7) is 1.14. The van der Waals surface area contributed by atoms with Crippen LogP contribution in [0, 0.1) is 0 Å². The zero-order valence-electron chi connectivity index (χ0n) is 17.7. The highest BCUT2D eigenvalue weighted by atomic mass is 35.5. The minimum Gasteiger partial charge on any atom is -0.394 e. The number of hydrogen-bond acceptors (Lipinski definition) is 4. The second-order valence-corrected chi connectivity index (χ2v) is 7.36. The number of aliphatic hydroxyl groups excluding tert-OH is 1. The third-order valence-corrected chi connectivity index (χ3v) is 4.71. The van der Waals surface area contributed by atoms with Crippen LogP contribution in [-0.2, 0) is 0 Å². The molecule has 8 heteroatoms. The van der Waals surface area contributed by atoms with Crippen LogP contribution in [0.1, 0.15) is 38.7 Å². The van der Waals surface area contributed by atoms with Crippen molar-refractivity contribution in [2.24, 2.45) is 0 Å². The second-order valence-electron chi connectivity index (χ2n) is 6.52. The van der Waals surface area contributed by atoms with Crippen molar-refractivity contribution in [3.63, 3.8) is 0 Å². The molecule has 3 rings (SSSR count). The highest BCUT2D eigenvalue weighted by Crippen LogP contribution is 2.30. The number of pyridine rings is 1. The van der Waals surface area contributed by atoms with Gasteiger partial charge < -0.3 is 20.7 Å². The summed E-state index contributed by atoms with van der Waals surface area (Å²) in [6.07, 6.45) is 3.09. The molecule has 152 valence electrons. The average Bonchev–Trinajstić information content (AvgIpc) is 3.23. The SMILES string of the molecule is [2H]CC([2H])(C)Nc1cc(-c2c[nH]c(C(=O)N[C@@H](CO)c3cccc(Cl)c3)c2)c(Cl)cn1. The molecule has 0 aliphatic carbocycles. The minimum absolute atomic E-state index is 0.153. The summed E-state index contributed by atoms with van der Waals surface area (Å²) in [7, 11) is 0. The topological polar surface area (TPSA) is 90.0 Å². The molecule has 4 N–H and O–H groups in total. The summed E-state index contributed by atoms with van der Waals surface area (Å²) in [6, 6.07) is 8.42. The number of carbonyl (C=O) groups is 1. The van der Waals surface area contributed by atoms with E-state index in [-0.39, 0.29) is 19.2 Å². The first kappa shape index (κ1) is 18.5. The van der Waals surface area contributed by atoms with Gasteiger partial charge in [-0.2, -0.15) is 0 Å². The van der Waals surface area contributed by atoms with Gasteiger partial charge in [0.05, 0.1) is 19.0 Å². The lowest BCUT2D eigenvalue weighted by atomic mass is 10.1. The molecule has 2 heterocycles. The van der Waals surface area contributed by atoms with Crippen LogP contribution in [0.3, 0.4) is 0 Å². The Morgan fingerprint density at radius 1 is 1.38 bits per heavy atom. The van der Waals surface area contributed by atoms with Crippen molar-refractivity contribution >= 4 is 34.9 Å². The molecule has 0 spiro atoms. The van der Waals surface area contributed by atoms with Crippen LogP contribution in [0.2, 0.25) is 10.0 Å². The van der Waals surface area contributed by atoms with Gasteiger partial charge in [0, 0.05) is 35.9 Å². The number of amides is 1. The number of benzene rings is 1. The number of H-pyrrole nitrogens is 1. The third kappa shape index (κ3) is 5.29. The molecular weight excluding hydrogens is 411 g/mol. The van der Waals surface area contributed by atoms with Gasteiger partial charge in [-0.1, -0.05) is 35.3 Å². The molecule has 1 aromatic carbocycles. The molecular formula is C21H22Cl2N4O2. The lowest BCUT2D eigenvalue weighted by Crippen LogP contribution is -2.31. The van der Waals surface area contributed by atoms with Crippen molar-refractivity contribution in [2.45, 2.75) is 25.9 Å². The summed E-state index contributed by atoms with van der Waals surface area (Å²) >= 11 is 12.3. The number of nitrogens with zero attached hydrogens (tertiary/aromatic N) is 1. The molecule has 1 unspecified atom stereocenters. The zero-order chi connectivity index (χ0) is 22.6. The zero-order valence-corrected chi connectivity index (χ0v) is 17.2. The molecule has 6 nitrogen and oxygen atoms in total. The largest absolute Gasteiger partial charge is 0.394 e. The van der Waals surface area contributed by atoms with Gasteiger partial charge in [0.1, 0.15) is 11.5 Å². The quantitative estimate of drug-likeness (QED) is 0.434. The van der Waals surface area contributed by atoms with E-state index in [0.29, 0.717) is 32.6 Å². The van der Waals surface area contributed by atoms with E-state index in [0.717, 1.165) is 0 Å². The number of nitrogens with one attached hydrogen (secondary N) is 3. The Labute approximate surface area is 182 Å². The molecule has 3 aromatic rings. The number of rotatable bonds is 7. The van der Waals surface area contributed by atoms with Crippen LogP contribution in [0.15, 0.2) is 48.8 Å². The number of aliphatic hydroxyl groups is 1. The van der Waals surface area contributed by atoms with E-state index in [1.54, 1.807) is 49.5 Å². The normalized spacial score (nSPS) is 15.0. The summed E-state index contributed by atoms with van der Waals surface area (Å²) in [5.41, 5.74) is 2.25. The van der Waals surface area contributed by atoms with E-state index in [1.807, 2.05) is 0 Å². The van der Waals surface area contributed by atoms with Gasteiger partial charge in [0.2, 0.25) is 0 Å². The average molecular weight is 435 g/mol. The van der Waals surface area contributed by atoms with E-state index in [9.17, 15) is 9.90 Å². The Balaban J connectivity index is 1.80. The van der Waals surface area contributed by atoms with Crippen molar-refractivity contribution in [1.82, 2.24) is 15.3 Å². The molecule has 0 radical (unpaired) electrons. The van der Waals surface area contributed by atoms with Gasteiger partial charge in [-0.3, -0.25) is 4.79 Å². The van der Waals surface area contributed by atoms with Crippen molar-refractivity contribution < 1.29 is 12.6 Å². The Morgan fingerprint density at radius 2 is 2.21 bits per heavy atom. The molecule has 0 saturated carbocycles. The van der Waals surface area contributed by atoms with Gasteiger partial charge in [-0.15, -0.1) is 0 Å². The lowest BCUT2D eigenvalue weighted by Gasteiger charge is -2.16. The monoisotopic (exact) mass is 434 g/mol. The molecule has 2 atom stereocenters. The van der Waals surface area contributed by atoms with Crippen molar-refractivity contribution in [1.29, 1.82) is 0 Å². The van der Waals surface area contributed by atoms with E-state index in [2.05, 4.69) is 20.6 Å². The maximum absolute atomic E-state index is 12.7. The van der Waals surface area contributed by atoms with Crippen LogP contribution in [0.4, 0.5) is 5.82 Å². The maximum atomic E-state index is 12.7. The molecule has 0 aliphatic rings. The summed E-state index contributed by atoms with van der Waals surface area (Å²) in [5, 5.41) is 16.2. The molecule has 2 aromatic heterocycles. The first-order valence-electron chi connectivity index (χ1n) is 10.0. The lowest BCUT2D eigenvalue weighted by molar-refractivity contribution is 0.0912. The number of halogens is 2. The fraction of sp³-hybridized carbons (Fsp3) is 0.238. The number of aromatic nitrogens is 2. The van der Waals surface area contributed by atoms with Gasteiger partial charge in [-0.05, 0) is 43.7 Å². The number of hydrogen-bond donors (Lipinski definition) is 4. The van der Waals surface area contributed by atoms with Gasteiger partial charge in [0.15, 0.2) is 0 Å². The molecule has 0 aliphatic heterocycles. The van der Waals surface area contributed by atoms with Crippen molar-refractivity contribution in [3.05, 3.63) is 70.1 Å². The Kier molecular flexibility index (Phi) is 5.93. The van der Waals surface area contributed by atoms with Crippen LogP contribution in [0.25, 0.3) is 11.1 Å². The van der Waals surface area contributed by atoms with Gasteiger partial charge in [-0.25, -0.2) is 4.98 Å². The number of anilines is 1. The summed E-state index contributed by atoms with van der Waals surface area (Å²) in [4.78, 5) is 19.8. The molecule has 0 bridgehead atoms. The van der Waals surface area contributed by atoms with E-state index < -0.39 is 18.0 Å². The predicted molar refractivity (Wildman–Crippen MR) is 117 cm³/mol. The minimum atomic E-state index is -1.19. The Morgan fingerprint density at radius 3 is 2.93 bits per heavy atom. The van der Waals surface area contributed by atoms with Crippen molar-refractivity contribution in [2.75, 3.05) is 11.9 Å². The Bertz CT molecular complexity index is 1080. The standard InChI is InChI=1S/C21H22Cl2N4O2/c1-12(2)26-20-8-16(17(23)10-25-20)14-7-18(24-9-14)21(29)27-19(11-28)13-4-3-5-15(22)6-13/h3-10,12,19,24,28H,11H2,1-2H3,(H,25,26)(H,27,29)/t19-/m0/s1/i1D,12D/t12?,19-. The van der Waals surface area contributed by atoms with Gasteiger partial charge in [0.25, 0.3) is 5.91 Å².